The summed E-state index contributed by atoms with van der Waals surface area (Å²) in [5.74, 6) is 0. The van der Waals surface area contributed by atoms with Crippen molar-refractivity contribution in [1.29, 1.82) is 0 Å². The lowest BCUT2D eigenvalue weighted by Gasteiger charge is -2.35. The maximum absolute atomic E-state index is 5.86. The third-order valence-corrected chi connectivity index (χ3v) is 3.31. The predicted molar refractivity (Wildman–Crippen MR) is 65.2 cm³/mol. The maximum atomic E-state index is 5.86. The first kappa shape index (κ1) is 13.0. The van der Waals surface area contributed by atoms with Crippen molar-refractivity contribution in [3.63, 3.8) is 0 Å². The molecule has 0 bridgehead atoms. The molecule has 1 saturated carbocycles. The van der Waals surface area contributed by atoms with Crippen molar-refractivity contribution < 1.29 is 4.74 Å². The van der Waals surface area contributed by atoms with Gasteiger partial charge in [0.05, 0.1) is 12.2 Å². The maximum Gasteiger partial charge on any atom is 0.0579 e. The highest BCUT2D eigenvalue weighted by Crippen LogP contribution is 2.25. The van der Waals surface area contributed by atoms with Gasteiger partial charge in [0.25, 0.3) is 0 Å². The summed E-state index contributed by atoms with van der Waals surface area (Å²) in [6, 6.07) is 0.803. The third kappa shape index (κ3) is 4.52. The summed E-state index contributed by atoms with van der Waals surface area (Å²) < 4.78 is 5.86. The standard InChI is InChI=1S/C13H27NO/c1-5-10-14(4)12-6-8-13(9-7-12)15-11(2)3/h11-13H,5-10H2,1-4H3. The fourth-order valence-electron chi connectivity index (χ4n) is 2.54. The Morgan fingerprint density at radius 1 is 1.20 bits per heavy atom. The van der Waals surface area contributed by atoms with Crippen LogP contribution >= 0.6 is 0 Å². The smallest absolute Gasteiger partial charge is 0.0579 e. The highest BCUT2D eigenvalue weighted by molar-refractivity contribution is 4.78. The van der Waals surface area contributed by atoms with E-state index in [0.29, 0.717) is 12.2 Å². The second-order valence-electron chi connectivity index (χ2n) is 5.10. The molecule has 0 atom stereocenters. The van der Waals surface area contributed by atoms with Crippen LogP contribution in [-0.4, -0.2) is 36.7 Å². The molecule has 1 rings (SSSR count). The first-order valence-corrected chi connectivity index (χ1v) is 6.49. The third-order valence-electron chi connectivity index (χ3n) is 3.31. The van der Waals surface area contributed by atoms with Gasteiger partial charge in [-0.05, 0) is 59.5 Å². The monoisotopic (exact) mass is 213 g/mol. The molecule has 0 N–H and O–H groups in total. The van der Waals surface area contributed by atoms with E-state index in [0.717, 1.165) is 6.04 Å². The summed E-state index contributed by atoms with van der Waals surface area (Å²) >= 11 is 0. The van der Waals surface area contributed by atoms with Crippen LogP contribution in [0.5, 0.6) is 0 Å². The molecule has 2 heteroatoms. The zero-order valence-electron chi connectivity index (χ0n) is 10.8. The summed E-state index contributed by atoms with van der Waals surface area (Å²) in [7, 11) is 2.26. The lowest BCUT2D eigenvalue weighted by Crippen LogP contribution is -2.37. The first-order valence-electron chi connectivity index (χ1n) is 6.49. The Morgan fingerprint density at radius 2 is 1.80 bits per heavy atom. The number of hydrogen-bond acceptors (Lipinski definition) is 2. The molecule has 0 aromatic carbocycles. The van der Waals surface area contributed by atoms with E-state index in [1.165, 1.54) is 38.6 Å². The zero-order valence-corrected chi connectivity index (χ0v) is 10.8. The second-order valence-corrected chi connectivity index (χ2v) is 5.10. The summed E-state index contributed by atoms with van der Waals surface area (Å²) in [6.07, 6.45) is 7.30. The molecule has 1 fully saturated rings. The molecule has 0 aliphatic heterocycles. The average molecular weight is 213 g/mol. The Bertz CT molecular complexity index is 162. The molecule has 0 heterocycles. The van der Waals surface area contributed by atoms with E-state index in [9.17, 15) is 0 Å². The van der Waals surface area contributed by atoms with Crippen LogP contribution in [0.3, 0.4) is 0 Å². The summed E-state index contributed by atoms with van der Waals surface area (Å²) in [5, 5.41) is 0. The molecule has 1 aliphatic carbocycles. The van der Waals surface area contributed by atoms with Gasteiger partial charge in [0.2, 0.25) is 0 Å². The van der Waals surface area contributed by atoms with Crippen LogP contribution in [0.4, 0.5) is 0 Å². The van der Waals surface area contributed by atoms with Crippen LogP contribution in [0.1, 0.15) is 52.9 Å². The highest BCUT2D eigenvalue weighted by Gasteiger charge is 2.24. The van der Waals surface area contributed by atoms with E-state index in [2.05, 4.69) is 32.7 Å². The number of nitrogens with zero attached hydrogens (tertiary/aromatic N) is 1. The van der Waals surface area contributed by atoms with Crippen molar-refractivity contribution >= 4 is 0 Å². The minimum atomic E-state index is 0.389. The minimum Gasteiger partial charge on any atom is -0.376 e. The van der Waals surface area contributed by atoms with Gasteiger partial charge in [-0.15, -0.1) is 0 Å². The molecule has 0 saturated heterocycles. The Morgan fingerprint density at radius 3 is 2.27 bits per heavy atom. The molecule has 0 unspecified atom stereocenters. The predicted octanol–water partition coefficient (Wildman–Crippen LogP) is 3.06. The first-order chi connectivity index (χ1) is 7.13. The second kappa shape index (κ2) is 6.49. The minimum absolute atomic E-state index is 0.389. The van der Waals surface area contributed by atoms with Crippen molar-refractivity contribution in [2.75, 3.05) is 13.6 Å². The number of rotatable bonds is 5. The Balaban J connectivity index is 2.23. The molecule has 90 valence electrons. The fraction of sp³-hybridized carbons (Fsp3) is 1.00. The zero-order chi connectivity index (χ0) is 11.3. The lowest BCUT2D eigenvalue weighted by molar-refractivity contribution is -0.0241. The van der Waals surface area contributed by atoms with Crippen molar-refractivity contribution in [3.8, 4) is 0 Å². The number of hydrogen-bond donors (Lipinski definition) is 0. The fourth-order valence-corrected chi connectivity index (χ4v) is 2.54. The lowest BCUT2D eigenvalue weighted by atomic mass is 9.92. The van der Waals surface area contributed by atoms with Crippen LogP contribution in [0.25, 0.3) is 0 Å². The van der Waals surface area contributed by atoms with Crippen LogP contribution in [0.2, 0.25) is 0 Å². The van der Waals surface area contributed by atoms with Crippen LogP contribution < -0.4 is 0 Å². The Hall–Kier alpha value is -0.0800. The van der Waals surface area contributed by atoms with Gasteiger partial charge in [-0.2, -0.15) is 0 Å². The molecule has 2 nitrogen and oxygen atoms in total. The molecule has 0 aromatic rings. The molecule has 0 spiro atoms. The van der Waals surface area contributed by atoms with Gasteiger partial charge in [-0.25, -0.2) is 0 Å². The highest BCUT2D eigenvalue weighted by atomic mass is 16.5. The molecule has 0 aromatic heterocycles. The van der Waals surface area contributed by atoms with E-state index in [1.54, 1.807) is 0 Å². The van der Waals surface area contributed by atoms with Gasteiger partial charge < -0.3 is 9.64 Å². The van der Waals surface area contributed by atoms with Gasteiger partial charge in [0, 0.05) is 6.04 Å². The van der Waals surface area contributed by atoms with Gasteiger partial charge in [-0.3, -0.25) is 0 Å². The Kier molecular flexibility index (Phi) is 5.62. The van der Waals surface area contributed by atoms with Crippen molar-refractivity contribution in [1.82, 2.24) is 4.90 Å². The molecule has 15 heavy (non-hydrogen) atoms. The van der Waals surface area contributed by atoms with E-state index < -0.39 is 0 Å². The van der Waals surface area contributed by atoms with E-state index in [4.69, 9.17) is 4.74 Å². The summed E-state index contributed by atoms with van der Waals surface area (Å²) in [5.41, 5.74) is 0. The Labute approximate surface area is 95.0 Å². The van der Waals surface area contributed by atoms with E-state index >= 15 is 0 Å². The van der Waals surface area contributed by atoms with E-state index in [1.807, 2.05) is 0 Å². The van der Waals surface area contributed by atoms with Crippen molar-refractivity contribution in [3.05, 3.63) is 0 Å². The van der Waals surface area contributed by atoms with E-state index in [-0.39, 0.29) is 0 Å². The molecule has 1 aliphatic rings. The van der Waals surface area contributed by atoms with Crippen molar-refractivity contribution in [2.45, 2.75) is 71.1 Å². The van der Waals surface area contributed by atoms with Crippen LogP contribution in [0.15, 0.2) is 0 Å². The molecular formula is C13H27NO. The SMILES string of the molecule is CCCN(C)C1CCC(OC(C)C)CC1. The van der Waals surface area contributed by atoms with Gasteiger partial charge in [0.15, 0.2) is 0 Å². The van der Waals surface area contributed by atoms with Crippen molar-refractivity contribution in [2.24, 2.45) is 0 Å². The quantitative estimate of drug-likeness (QED) is 0.696. The van der Waals surface area contributed by atoms with Gasteiger partial charge >= 0.3 is 0 Å². The average Bonchev–Trinajstić information content (AvgIpc) is 2.18. The van der Waals surface area contributed by atoms with Gasteiger partial charge in [0.1, 0.15) is 0 Å². The van der Waals surface area contributed by atoms with Crippen LogP contribution in [-0.2, 0) is 4.74 Å². The summed E-state index contributed by atoms with van der Waals surface area (Å²) in [6.45, 7) is 7.76. The number of ether oxygens (including phenoxy) is 1. The summed E-state index contributed by atoms with van der Waals surface area (Å²) in [4.78, 5) is 2.52. The normalized spacial score (nSPS) is 27.6. The largest absolute Gasteiger partial charge is 0.376 e. The van der Waals surface area contributed by atoms with Crippen LogP contribution in [0, 0.1) is 0 Å². The van der Waals surface area contributed by atoms with Gasteiger partial charge in [-0.1, -0.05) is 6.92 Å². The molecular weight excluding hydrogens is 186 g/mol. The topological polar surface area (TPSA) is 12.5 Å². The molecule has 0 radical (unpaired) electrons. The molecule has 0 amide bonds.